The van der Waals surface area contributed by atoms with Crippen LogP contribution in [0.25, 0.3) is 6.08 Å². The zero-order valence-corrected chi connectivity index (χ0v) is 19.6. The molecule has 1 aliphatic carbocycles. The van der Waals surface area contributed by atoms with Gasteiger partial charge >= 0.3 is 6.09 Å². The highest BCUT2D eigenvalue weighted by atomic mass is 32.1. The first-order chi connectivity index (χ1) is 16.5. The molecule has 0 radical (unpaired) electrons. The molecule has 1 atom stereocenters. The molecule has 2 amide bonds. The molecule has 0 saturated carbocycles. The maximum atomic E-state index is 12.4. The lowest BCUT2D eigenvalue weighted by atomic mass is 9.88. The molecule has 2 N–H and O–H groups in total. The van der Waals surface area contributed by atoms with Crippen LogP contribution in [0.2, 0.25) is 0 Å². The number of amides is 2. The first kappa shape index (κ1) is 23.3. The number of hydrogen-bond donors (Lipinski definition) is 2. The molecule has 3 aromatic rings. The van der Waals surface area contributed by atoms with Crippen molar-refractivity contribution in [2.45, 2.75) is 25.8 Å². The van der Waals surface area contributed by atoms with Crippen molar-refractivity contribution < 1.29 is 14.3 Å². The van der Waals surface area contributed by atoms with Crippen LogP contribution in [0.5, 0.6) is 0 Å². The van der Waals surface area contributed by atoms with E-state index >= 15 is 0 Å². The van der Waals surface area contributed by atoms with E-state index in [0.29, 0.717) is 30.1 Å². The van der Waals surface area contributed by atoms with Crippen molar-refractivity contribution in [3.8, 4) is 6.07 Å². The van der Waals surface area contributed by atoms with Crippen molar-refractivity contribution in [2.24, 2.45) is 13.0 Å². The molecule has 9 heteroatoms. The monoisotopic (exact) mass is 475 g/mol. The number of thiophene rings is 1. The van der Waals surface area contributed by atoms with Crippen LogP contribution in [-0.4, -0.2) is 28.2 Å². The SMILES string of the molecule is Cn1cccc1CNC(=O)OCC1CCc2c(sc(NC(=O)/C=C/c3cccnc3)c2C#N)C1. The highest BCUT2D eigenvalue weighted by Gasteiger charge is 2.27. The number of carbonyl (C=O) groups is 2. The normalized spacial score (nSPS) is 14.9. The molecule has 4 rings (SSSR count). The molecule has 1 aliphatic rings. The summed E-state index contributed by atoms with van der Waals surface area (Å²) in [5, 5.41) is 15.9. The Labute approximate surface area is 201 Å². The number of carbonyl (C=O) groups excluding carboxylic acids is 2. The summed E-state index contributed by atoms with van der Waals surface area (Å²) in [4.78, 5) is 29.6. The number of hydrogen-bond acceptors (Lipinski definition) is 6. The Hall–Kier alpha value is -3.90. The summed E-state index contributed by atoms with van der Waals surface area (Å²) in [5.41, 5.74) is 3.33. The summed E-state index contributed by atoms with van der Waals surface area (Å²) in [5.74, 6) is -0.124. The van der Waals surface area contributed by atoms with Gasteiger partial charge in [-0.05, 0) is 60.6 Å². The van der Waals surface area contributed by atoms with Crippen LogP contribution in [0.3, 0.4) is 0 Å². The van der Waals surface area contributed by atoms with Crippen molar-refractivity contribution in [3.05, 3.63) is 76.2 Å². The Balaban J connectivity index is 1.31. The number of nitriles is 1. The maximum Gasteiger partial charge on any atom is 0.407 e. The van der Waals surface area contributed by atoms with Gasteiger partial charge in [0.1, 0.15) is 11.1 Å². The predicted molar refractivity (Wildman–Crippen MR) is 130 cm³/mol. The molecule has 34 heavy (non-hydrogen) atoms. The van der Waals surface area contributed by atoms with Gasteiger partial charge < -0.3 is 19.9 Å². The maximum absolute atomic E-state index is 12.4. The fourth-order valence-electron chi connectivity index (χ4n) is 3.89. The smallest absolute Gasteiger partial charge is 0.407 e. The average Bonchev–Trinajstić information content (AvgIpc) is 3.42. The van der Waals surface area contributed by atoms with Gasteiger partial charge in [0, 0.05) is 42.3 Å². The lowest BCUT2D eigenvalue weighted by Gasteiger charge is -2.21. The molecule has 0 aromatic carbocycles. The van der Waals surface area contributed by atoms with E-state index in [1.54, 1.807) is 24.5 Å². The molecular formula is C25H25N5O3S. The fourth-order valence-corrected chi connectivity index (χ4v) is 5.21. The summed E-state index contributed by atoms with van der Waals surface area (Å²) in [6, 6.07) is 9.76. The van der Waals surface area contributed by atoms with Gasteiger partial charge in [-0.3, -0.25) is 9.78 Å². The number of rotatable bonds is 7. The standard InChI is InChI=1S/C25H25N5O3S/c1-30-11-3-5-19(30)15-28-25(32)33-16-18-6-8-20-21(13-26)24(34-22(20)12-18)29-23(31)9-7-17-4-2-10-27-14-17/h2-5,7,9-11,14,18H,6,8,12,15-16H2,1H3,(H,28,32)(H,29,31)/b9-7+. The second-order valence-electron chi connectivity index (χ2n) is 8.10. The van der Waals surface area contributed by atoms with Crippen LogP contribution >= 0.6 is 11.3 Å². The second-order valence-corrected chi connectivity index (χ2v) is 9.21. The Kier molecular flexibility index (Phi) is 7.40. The number of nitrogens with one attached hydrogen (secondary N) is 2. The number of ether oxygens (including phenoxy) is 1. The van der Waals surface area contributed by atoms with Crippen LogP contribution in [0.4, 0.5) is 9.80 Å². The Morgan fingerprint density at radius 1 is 1.38 bits per heavy atom. The molecule has 1 unspecified atom stereocenters. The molecule has 3 heterocycles. The van der Waals surface area contributed by atoms with Crippen LogP contribution in [0, 0.1) is 17.2 Å². The number of anilines is 1. The number of aromatic nitrogens is 2. The largest absolute Gasteiger partial charge is 0.449 e. The van der Waals surface area contributed by atoms with Crippen molar-refractivity contribution >= 4 is 34.4 Å². The molecule has 0 saturated heterocycles. The third-order valence-electron chi connectivity index (χ3n) is 5.74. The minimum Gasteiger partial charge on any atom is -0.449 e. The number of fused-ring (bicyclic) bond motifs is 1. The average molecular weight is 476 g/mol. The summed E-state index contributed by atoms with van der Waals surface area (Å²) in [6.07, 6.45) is 10.2. The van der Waals surface area contributed by atoms with Gasteiger partial charge in [0.05, 0.1) is 18.7 Å². The van der Waals surface area contributed by atoms with Crippen molar-refractivity contribution in [3.63, 3.8) is 0 Å². The van der Waals surface area contributed by atoms with Crippen molar-refractivity contribution in [1.29, 1.82) is 5.26 Å². The highest BCUT2D eigenvalue weighted by Crippen LogP contribution is 2.39. The topological polar surface area (TPSA) is 109 Å². The van der Waals surface area contributed by atoms with Crippen LogP contribution in [0.15, 0.2) is 48.9 Å². The first-order valence-electron chi connectivity index (χ1n) is 11.0. The summed E-state index contributed by atoms with van der Waals surface area (Å²) in [7, 11) is 1.92. The lowest BCUT2D eigenvalue weighted by Crippen LogP contribution is -2.28. The van der Waals surface area contributed by atoms with Crippen LogP contribution in [0.1, 0.15) is 33.7 Å². The van der Waals surface area contributed by atoms with E-state index in [9.17, 15) is 14.9 Å². The minimum absolute atomic E-state index is 0.174. The molecule has 0 spiro atoms. The van der Waals surface area contributed by atoms with E-state index in [1.165, 1.54) is 17.4 Å². The quantitative estimate of drug-likeness (QED) is 0.502. The Bertz CT molecular complexity index is 1240. The zero-order valence-electron chi connectivity index (χ0n) is 18.8. The summed E-state index contributed by atoms with van der Waals surface area (Å²) in [6.45, 7) is 0.722. The highest BCUT2D eigenvalue weighted by molar-refractivity contribution is 7.16. The zero-order chi connectivity index (χ0) is 23.9. The molecule has 3 aromatic heterocycles. The van der Waals surface area contributed by atoms with E-state index in [2.05, 4.69) is 21.7 Å². The van der Waals surface area contributed by atoms with Crippen LogP contribution < -0.4 is 10.6 Å². The van der Waals surface area contributed by atoms with Crippen molar-refractivity contribution in [2.75, 3.05) is 11.9 Å². The molecular weight excluding hydrogens is 450 g/mol. The summed E-state index contributed by atoms with van der Waals surface area (Å²) >= 11 is 1.43. The lowest BCUT2D eigenvalue weighted by molar-refractivity contribution is -0.111. The number of alkyl carbamates (subject to hydrolysis) is 1. The number of aryl methyl sites for hydroxylation is 1. The predicted octanol–water partition coefficient (Wildman–Crippen LogP) is 4.04. The third-order valence-corrected chi connectivity index (χ3v) is 6.91. The molecule has 0 bridgehead atoms. The minimum atomic E-state index is -0.441. The van der Waals surface area contributed by atoms with Gasteiger partial charge in [0.25, 0.3) is 0 Å². The van der Waals surface area contributed by atoms with Gasteiger partial charge in [-0.2, -0.15) is 5.26 Å². The van der Waals surface area contributed by atoms with Crippen molar-refractivity contribution in [1.82, 2.24) is 14.9 Å². The molecule has 8 nitrogen and oxygen atoms in total. The third kappa shape index (κ3) is 5.71. The molecule has 174 valence electrons. The van der Waals surface area contributed by atoms with E-state index in [-0.39, 0.29) is 11.8 Å². The number of nitrogens with zero attached hydrogens (tertiary/aromatic N) is 3. The van der Waals surface area contributed by atoms with Gasteiger partial charge in [0.15, 0.2) is 0 Å². The van der Waals surface area contributed by atoms with E-state index in [4.69, 9.17) is 4.74 Å². The van der Waals surface area contributed by atoms with Gasteiger partial charge in [0.2, 0.25) is 5.91 Å². The van der Waals surface area contributed by atoms with E-state index < -0.39 is 6.09 Å². The Morgan fingerprint density at radius 3 is 3.00 bits per heavy atom. The van der Waals surface area contributed by atoms with Gasteiger partial charge in [-0.1, -0.05) is 6.07 Å². The van der Waals surface area contributed by atoms with E-state index in [1.807, 2.05) is 36.0 Å². The second kappa shape index (κ2) is 10.8. The number of pyridine rings is 1. The Morgan fingerprint density at radius 2 is 2.26 bits per heavy atom. The summed E-state index contributed by atoms with van der Waals surface area (Å²) < 4.78 is 7.37. The van der Waals surface area contributed by atoms with Gasteiger partial charge in [-0.25, -0.2) is 4.79 Å². The first-order valence-corrected chi connectivity index (χ1v) is 11.8. The van der Waals surface area contributed by atoms with Crippen LogP contribution in [-0.2, 0) is 36.0 Å². The molecule has 0 aliphatic heterocycles. The fraction of sp³-hybridized carbons (Fsp3) is 0.280. The molecule has 0 fully saturated rings. The van der Waals surface area contributed by atoms with E-state index in [0.717, 1.165) is 34.5 Å². The van der Waals surface area contributed by atoms with Gasteiger partial charge in [-0.15, -0.1) is 11.3 Å².